The molecule has 2 aromatic carbocycles. The Morgan fingerprint density at radius 3 is 2.45 bits per heavy atom. The number of hydrogen-bond acceptors (Lipinski definition) is 4. The number of aryl methyl sites for hydroxylation is 2. The van der Waals surface area contributed by atoms with Gasteiger partial charge in [0.1, 0.15) is 12.4 Å². The topological polar surface area (TPSA) is 59.4 Å². The van der Waals surface area contributed by atoms with Gasteiger partial charge in [-0.2, -0.15) is 5.10 Å². The highest BCUT2D eigenvalue weighted by Gasteiger charge is 2.16. The largest absolute Gasteiger partial charge is 0.490 e. The van der Waals surface area contributed by atoms with Gasteiger partial charge in [0.15, 0.2) is 0 Å². The molecule has 0 saturated heterocycles. The van der Waals surface area contributed by atoms with Crippen LogP contribution in [0.25, 0.3) is 5.69 Å². The zero-order chi connectivity index (χ0) is 22.4. The summed E-state index contributed by atoms with van der Waals surface area (Å²) >= 11 is 0. The second kappa shape index (κ2) is 10.1. The molecule has 1 amide bonds. The molecule has 0 spiro atoms. The molecule has 1 N–H and O–H groups in total. The zero-order valence-corrected chi connectivity index (χ0v) is 18.7. The van der Waals surface area contributed by atoms with Crippen LogP contribution in [-0.4, -0.2) is 40.8 Å². The Labute approximate surface area is 184 Å². The molecule has 0 fully saturated rings. The Morgan fingerprint density at radius 1 is 1.13 bits per heavy atom. The van der Waals surface area contributed by atoms with E-state index in [1.54, 1.807) is 6.08 Å². The molecule has 6 heteroatoms. The molecule has 0 aliphatic heterocycles. The van der Waals surface area contributed by atoms with Crippen LogP contribution in [0.4, 0.5) is 5.69 Å². The second-order valence-corrected chi connectivity index (χ2v) is 7.76. The van der Waals surface area contributed by atoms with Gasteiger partial charge in [0.2, 0.25) is 5.91 Å². The van der Waals surface area contributed by atoms with Crippen molar-refractivity contribution in [3.8, 4) is 11.4 Å². The molecular formula is C25H30N4O2. The van der Waals surface area contributed by atoms with Crippen molar-refractivity contribution >= 4 is 11.6 Å². The van der Waals surface area contributed by atoms with E-state index in [-0.39, 0.29) is 12.5 Å². The number of carbonyl (C=O) groups is 1. The van der Waals surface area contributed by atoms with Crippen molar-refractivity contribution < 1.29 is 9.53 Å². The van der Waals surface area contributed by atoms with Crippen LogP contribution in [0.15, 0.2) is 61.2 Å². The summed E-state index contributed by atoms with van der Waals surface area (Å²) in [5.74, 6) is 0.740. The van der Waals surface area contributed by atoms with E-state index >= 15 is 0 Å². The molecule has 1 aromatic heterocycles. The summed E-state index contributed by atoms with van der Waals surface area (Å²) in [5, 5.41) is 7.65. The predicted octanol–water partition coefficient (Wildman–Crippen LogP) is 4.43. The van der Waals surface area contributed by atoms with Crippen LogP contribution in [0.1, 0.15) is 22.5 Å². The maximum Gasteiger partial charge on any atom is 0.238 e. The van der Waals surface area contributed by atoms with Crippen LogP contribution < -0.4 is 10.1 Å². The van der Waals surface area contributed by atoms with Gasteiger partial charge in [-0.3, -0.25) is 9.69 Å². The lowest BCUT2D eigenvalue weighted by atomic mass is 10.2. The fourth-order valence-corrected chi connectivity index (χ4v) is 3.40. The van der Waals surface area contributed by atoms with Crippen LogP contribution >= 0.6 is 0 Å². The van der Waals surface area contributed by atoms with Gasteiger partial charge in [0.25, 0.3) is 0 Å². The average Bonchev–Trinajstić information content (AvgIpc) is 3.02. The minimum atomic E-state index is -0.0666. The standard InChI is InChI=1S/C25H30N4O2/c1-6-15-31-23-13-9-21(10-14-23)16-28(5)17-24(30)26-25-19(3)27-29(20(25)4)22-11-7-18(2)8-12-22/h6-14H,1,15-17H2,2-5H3,(H,26,30). The molecule has 31 heavy (non-hydrogen) atoms. The number of benzene rings is 2. The number of likely N-dealkylation sites (N-methyl/N-ethyl adjacent to an activating group) is 1. The summed E-state index contributed by atoms with van der Waals surface area (Å²) in [7, 11) is 1.93. The zero-order valence-electron chi connectivity index (χ0n) is 18.7. The quantitative estimate of drug-likeness (QED) is 0.522. The van der Waals surface area contributed by atoms with Crippen molar-refractivity contribution in [1.29, 1.82) is 0 Å². The lowest BCUT2D eigenvalue weighted by Crippen LogP contribution is -2.30. The summed E-state index contributed by atoms with van der Waals surface area (Å²) in [5.41, 5.74) is 5.75. The van der Waals surface area contributed by atoms with Crippen molar-refractivity contribution in [3.05, 3.63) is 83.7 Å². The van der Waals surface area contributed by atoms with Gasteiger partial charge in [-0.15, -0.1) is 0 Å². The molecule has 0 aliphatic rings. The SMILES string of the molecule is C=CCOc1ccc(CN(C)CC(=O)Nc2c(C)nn(-c3ccc(C)cc3)c2C)cc1. The van der Waals surface area contributed by atoms with E-state index in [1.165, 1.54) is 5.56 Å². The minimum absolute atomic E-state index is 0.0666. The van der Waals surface area contributed by atoms with Crippen LogP contribution in [0, 0.1) is 20.8 Å². The molecule has 0 atom stereocenters. The Morgan fingerprint density at radius 2 is 1.81 bits per heavy atom. The van der Waals surface area contributed by atoms with E-state index in [4.69, 9.17) is 4.74 Å². The maximum absolute atomic E-state index is 12.7. The van der Waals surface area contributed by atoms with E-state index in [9.17, 15) is 4.79 Å². The van der Waals surface area contributed by atoms with Gasteiger partial charge in [-0.05, 0) is 57.6 Å². The number of ether oxygens (including phenoxy) is 1. The lowest BCUT2D eigenvalue weighted by molar-refractivity contribution is -0.117. The molecular weight excluding hydrogens is 388 g/mol. The van der Waals surface area contributed by atoms with Crippen LogP contribution in [-0.2, 0) is 11.3 Å². The summed E-state index contributed by atoms with van der Waals surface area (Å²) < 4.78 is 7.37. The first-order valence-electron chi connectivity index (χ1n) is 10.3. The van der Waals surface area contributed by atoms with Crippen LogP contribution in [0.5, 0.6) is 5.75 Å². The third kappa shape index (κ3) is 5.83. The Hall–Kier alpha value is -3.38. The lowest BCUT2D eigenvalue weighted by Gasteiger charge is -2.17. The van der Waals surface area contributed by atoms with Gasteiger partial charge in [0.05, 0.1) is 29.3 Å². The molecule has 3 aromatic rings. The average molecular weight is 419 g/mol. The molecule has 0 bridgehead atoms. The van der Waals surface area contributed by atoms with E-state index in [0.717, 1.165) is 34.1 Å². The number of carbonyl (C=O) groups excluding carboxylic acids is 1. The number of amides is 1. The Kier molecular flexibility index (Phi) is 7.26. The van der Waals surface area contributed by atoms with Crippen molar-refractivity contribution in [2.75, 3.05) is 25.5 Å². The van der Waals surface area contributed by atoms with Gasteiger partial charge in [0, 0.05) is 6.54 Å². The van der Waals surface area contributed by atoms with Crippen LogP contribution in [0.2, 0.25) is 0 Å². The van der Waals surface area contributed by atoms with Crippen molar-refractivity contribution in [2.45, 2.75) is 27.3 Å². The number of nitrogens with zero attached hydrogens (tertiary/aromatic N) is 3. The van der Waals surface area contributed by atoms with Gasteiger partial charge in [-0.25, -0.2) is 4.68 Å². The highest BCUT2D eigenvalue weighted by molar-refractivity contribution is 5.93. The summed E-state index contributed by atoms with van der Waals surface area (Å²) in [6.07, 6.45) is 1.72. The molecule has 0 radical (unpaired) electrons. The number of hydrogen-bond donors (Lipinski definition) is 1. The number of aromatic nitrogens is 2. The van der Waals surface area contributed by atoms with Crippen molar-refractivity contribution in [2.24, 2.45) is 0 Å². The Bertz CT molecular complexity index is 1040. The highest BCUT2D eigenvalue weighted by Crippen LogP contribution is 2.23. The van der Waals surface area contributed by atoms with E-state index in [0.29, 0.717) is 13.2 Å². The normalized spacial score (nSPS) is 10.9. The fraction of sp³-hybridized carbons (Fsp3) is 0.280. The molecule has 3 rings (SSSR count). The Balaban J connectivity index is 1.60. The molecule has 162 valence electrons. The second-order valence-electron chi connectivity index (χ2n) is 7.76. The summed E-state index contributed by atoms with van der Waals surface area (Å²) in [6.45, 7) is 11.0. The first kappa shape index (κ1) is 22.3. The third-order valence-electron chi connectivity index (χ3n) is 4.99. The van der Waals surface area contributed by atoms with Gasteiger partial charge < -0.3 is 10.1 Å². The number of anilines is 1. The van der Waals surface area contributed by atoms with E-state index in [1.807, 2.05) is 66.9 Å². The molecule has 6 nitrogen and oxygen atoms in total. The van der Waals surface area contributed by atoms with Crippen LogP contribution in [0.3, 0.4) is 0 Å². The number of rotatable bonds is 9. The first-order valence-corrected chi connectivity index (χ1v) is 10.3. The first-order chi connectivity index (χ1) is 14.9. The van der Waals surface area contributed by atoms with Crippen molar-refractivity contribution in [1.82, 2.24) is 14.7 Å². The summed E-state index contributed by atoms with van der Waals surface area (Å²) in [6, 6.07) is 16.0. The fourth-order valence-electron chi connectivity index (χ4n) is 3.40. The van der Waals surface area contributed by atoms with Gasteiger partial charge >= 0.3 is 0 Å². The smallest absolute Gasteiger partial charge is 0.238 e. The van der Waals surface area contributed by atoms with E-state index < -0.39 is 0 Å². The monoisotopic (exact) mass is 418 g/mol. The highest BCUT2D eigenvalue weighted by atomic mass is 16.5. The van der Waals surface area contributed by atoms with Crippen molar-refractivity contribution in [3.63, 3.8) is 0 Å². The molecule has 0 unspecified atom stereocenters. The third-order valence-corrected chi connectivity index (χ3v) is 4.99. The van der Waals surface area contributed by atoms with E-state index in [2.05, 4.69) is 36.1 Å². The predicted molar refractivity (Wildman–Crippen MR) is 125 cm³/mol. The molecule has 0 aliphatic carbocycles. The summed E-state index contributed by atoms with van der Waals surface area (Å²) in [4.78, 5) is 14.6. The molecule has 1 heterocycles. The minimum Gasteiger partial charge on any atom is -0.490 e. The molecule has 0 saturated carbocycles. The van der Waals surface area contributed by atoms with Gasteiger partial charge in [-0.1, -0.05) is 42.5 Å². The maximum atomic E-state index is 12.7. The number of nitrogens with one attached hydrogen (secondary N) is 1.